The molecule has 2 aromatic rings. The molecule has 0 unspecified atom stereocenters. The summed E-state index contributed by atoms with van der Waals surface area (Å²) in [6, 6.07) is 7.88. The minimum absolute atomic E-state index is 0.0936. The van der Waals surface area contributed by atoms with Crippen LogP contribution in [0.5, 0.6) is 0 Å². The Hall–Kier alpha value is -1.81. The molecule has 0 aliphatic carbocycles. The Kier molecular flexibility index (Phi) is 3.22. The zero-order chi connectivity index (χ0) is 11.4. The predicted octanol–water partition coefficient (Wildman–Crippen LogP) is 1.52. The molecule has 1 aromatic heterocycles. The molecule has 2 rings (SSSR count). The van der Waals surface area contributed by atoms with Gasteiger partial charge >= 0.3 is 0 Å². The molecule has 0 spiro atoms. The quantitative estimate of drug-likeness (QED) is 0.816. The molecule has 2 N–H and O–H groups in total. The predicted molar refractivity (Wildman–Crippen MR) is 62.9 cm³/mol. The van der Waals surface area contributed by atoms with Crippen LogP contribution in [0.4, 0.5) is 5.69 Å². The molecule has 0 saturated heterocycles. The van der Waals surface area contributed by atoms with E-state index in [-0.39, 0.29) is 6.61 Å². The third-order valence-electron chi connectivity index (χ3n) is 2.41. The highest BCUT2D eigenvalue weighted by atomic mass is 16.3. The van der Waals surface area contributed by atoms with Crippen LogP contribution in [0.1, 0.15) is 11.1 Å². The maximum absolute atomic E-state index is 8.91. The van der Waals surface area contributed by atoms with Gasteiger partial charge < -0.3 is 10.4 Å². The minimum atomic E-state index is 0.0936. The van der Waals surface area contributed by atoms with Crippen molar-refractivity contribution < 1.29 is 5.11 Å². The van der Waals surface area contributed by atoms with Crippen molar-refractivity contribution in [2.24, 2.45) is 7.05 Å². The molecule has 84 valence electrons. The lowest BCUT2D eigenvalue weighted by Crippen LogP contribution is -1.98. The van der Waals surface area contributed by atoms with Gasteiger partial charge in [-0.1, -0.05) is 24.3 Å². The molecule has 0 bridgehead atoms. The zero-order valence-corrected chi connectivity index (χ0v) is 9.22. The van der Waals surface area contributed by atoms with Crippen molar-refractivity contribution in [1.82, 2.24) is 9.78 Å². The molecular formula is C12H15N3O. The van der Waals surface area contributed by atoms with Gasteiger partial charge in [0.05, 0.1) is 18.5 Å². The summed E-state index contributed by atoms with van der Waals surface area (Å²) < 4.78 is 1.76. The summed E-state index contributed by atoms with van der Waals surface area (Å²) in [4.78, 5) is 0. The summed E-state index contributed by atoms with van der Waals surface area (Å²) in [7, 11) is 1.89. The van der Waals surface area contributed by atoms with E-state index in [4.69, 9.17) is 5.11 Å². The van der Waals surface area contributed by atoms with Crippen LogP contribution in [0.2, 0.25) is 0 Å². The normalized spacial score (nSPS) is 10.4. The monoisotopic (exact) mass is 217 g/mol. The second-order valence-electron chi connectivity index (χ2n) is 3.73. The van der Waals surface area contributed by atoms with Crippen molar-refractivity contribution in [3.8, 4) is 0 Å². The van der Waals surface area contributed by atoms with E-state index in [0.717, 1.165) is 17.8 Å². The van der Waals surface area contributed by atoms with Gasteiger partial charge in [-0.05, 0) is 11.1 Å². The fraction of sp³-hybridized carbons (Fsp3) is 0.250. The summed E-state index contributed by atoms with van der Waals surface area (Å²) in [5.41, 5.74) is 3.12. The molecular weight excluding hydrogens is 202 g/mol. The SMILES string of the molecule is Cn1cc(NCc2ccc(CO)cc2)cn1. The van der Waals surface area contributed by atoms with Crippen molar-refractivity contribution in [3.63, 3.8) is 0 Å². The standard InChI is InChI=1S/C12H15N3O/c1-15-8-12(7-14-15)13-6-10-2-4-11(9-16)5-3-10/h2-5,7-8,13,16H,6,9H2,1H3. The van der Waals surface area contributed by atoms with Crippen LogP contribution < -0.4 is 5.32 Å². The van der Waals surface area contributed by atoms with E-state index in [1.165, 1.54) is 5.56 Å². The second kappa shape index (κ2) is 4.81. The third kappa shape index (κ3) is 2.61. The first kappa shape index (κ1) is 10.7. The van der Waals surface area contributed by atoms with E-state index >= 15 is 0 Å². The van der Waals surface area contributed by atoms with Crippen LogP contribution in [-0.4, -0.2) is 14.9 Å². The molecule has 0 amide bonds. The van der Waals surface area contributed by atoms with Crippen LogP contribution in [0.3, 0.4) is 0 Å². The lowest BCUT2D eigenvalue weighted by atomic mass is 10.1. The van der Waals surface area contributed by atoms with Crippen molar-refractivity contribution in [2.75, 3.05) is 5.32 Å². The fourth-order valence-corrected chi connectivity index (χ4v) is 1.48. The number of hydrogen-bond acceptors (Lipinski definition) is 3. The number of aryl methyl sites for hydroxylation is 1. The molecule has 0 radical (unpaired) electrons. The topological polar surface area (TPSA) is 50.1 Å². The minimum Gasteiger partial charge on any atom is -0.392 e. The molecule has 4 heteroatoms. The van der Waals surface area contributed by atoms with Gasteiger partial charge in [0.15, 0.2) is 0 Å². The number of nitrogens with one attached hydrogen (secondary N) is 1. The zero-order valence-electron chi connectivity index (χ0n) is 9.22. The van der Waals surface area contributed by atoms with Crippen LogP contribution in [0.15, 0.2) is 36.7 Å². The van der Waals surface area contributed by atoms with Crippen LogP contribution in [0.25, 0.3) is 0 Å². The molecule has 1 heterocycles. The van der Waals surface area contributed by atoms with Crippen molar-refractivity contribution in [3.05, 3.63) is 47.8 Å². The molecule has 0 saturated carbocycles. The molecule has 0 fully saturated rings. The van der Waals surface area contributed by atoms with Crippen molar-refractivity contribution in [2.45, 2.75) is 13.2 Å². The highest BCUT2D eigenvalue weighted by molar-refractivity contribution is 5.39. The Balaban J connectivity index is 1.94. The molecule has 1 aromatic carbocycles. The largest absolute Gasteiger partial charge is 0.392 e. The van der Waals surface area contributed by atoms with Gasteiger partial charge in [0.25, 0.3) is 0 Å². The molecule has 4 nitrogen and oxygen atoms in total. The summed E-state index contributed by atoms with van der Waals surface area (Å²) >= 11 is 0. The highest BCUT2D eigenvalue weighted by Crippen LogP contribution is 2.08. The molecule has 0 aliphatic heterocycles. The van der Waals surface area contributed by atoms with Gasteiger partial charge in [-0.15, -0.1) is 0 Å². The number of anilines is 1. The summed E-state index contributed by atoms with van der Waals surface area (Å²) in [5.74, 6) is 0. The average molecular weight is 217 g/mol. The van der Waals surface area contributed by atoms with E-state index in [0.29, 0.717) is 0 Å². The van der Waals surface area contributed by atoms with Gasteiger partial charge in [0.2, 0.25) is 0 Å². The average Bonchev–Trinajstić information content (AvgIpc) is 2.73. The van der Waals surface area contributed by atoms with E-state index in [1.807, 2.05) is 37.5 Å². The first-order chi connectivity index (χ1) is 7.78. The number of hydrogen-bond donors (Lipinski definition) is 2. The number of nitrogens with zero attached hydrogens (tertiary/aromatic N) is 2. The fourth-order valence-electron chi connectivity index (χ4n) is 1.48. The highest BCUT2D eigenvalue weighted by Gasteiger charge is 1.96. The molecule has 16 heavy (non-hydrogen) atoms. The lowest BCUT2D eigenvalue weighted by Gasteiger charge is -2.04. The summed E-state index contributed by atoms with van der Waals surface area (Å²) in [6.45, 7) is 0.855. The Labute approximate surface area is 94.5 Å². The molecule has 0 atom stereocenters. The van der Waals surface area contributed by atoms with Gasteiger partial charge in [-0.25, -0.2) is 0 Å². The van der Waals surface area contributed by atoms with Gasteiger partial charge in [-0.3, -0.25) is 4.68 Å². The Morgan fingerprint density at radius 1 is 1.25 bits per heavy atom. The molecule has 0 aliphatic rings. The third-order valence-corrected chi connectivity index (χ3v) is 2.41. The number of benzene rings is 1. The first-order valence-corrected chi connectivity index (χ1v) is 5.19. The maximum Gasteiger partial charge on any atom is 0.0729 e. The number of rotatable bonds is 4. The Morgan fingerprint density at radius 2 is 1.94 bits per heavy atom. The second-order valence-corrected chi connectivity index (χ2v) is 3.73. The van der Waals surface area contributed by atoms with Gasteiger partial charge in [0.1, 0.15) is 0 Å². The number of aliphatic hydroxyl groups excluding tert-OH is 1. The smallest absolute Gasteiger partial charge is 0.0729 e. The number of aromatic nitrogens is 2. The summed E-state index contributed by atoms with van der Waals surface area (Å²) in [6.07, 6.45) is 3.73. The van der Waals surface area contributed by atoms with Crippen LogP contribution in [0, 0.1) is 0 Å². The van der Waals surface area contributed by atoms with Crippen LogP contribution in [-0.2, 0) is 20.2 Å². The summed E-state index contributed by atoms with van der Waals surface area (Å²) in [5, 5.41) is 16.3. The van der Waals surface area contributed by atoms with E-state index in [2.05, 4.69) is 10.4 Å². The van der Waals surface area contributed by atoms with Gasteiger partial charge in [-0.2, -0.15) is 5.10 Å². The van der Waals surface area contributed by atoms with E-state index in [1.54, 1.807) is 10.9 Å². The van der Waals surface area contributed by atoms with Crippen LogP contribution >= 0.6 is 0 Å². The van der Waals surface area contributed by atoms with Crippen molar-refractivity contribution >= 4 is 5.69 Å². The van der Waals surface area contributed by atoms with E-state index in [9.17, 15) is 0 Å². The van der Waals surface area contributed by atoms with Crippen molar-refractivity contribution in [1.29, 1.82) is 0 Å². The van der Waals surface area contributed by atoms with Gasteiger partial charge in [0, 0.05) is 19.8 Å². The lowest BCUT2D eigenvalue weighted by molar-refractivity contribution is 0.282. The first-order valence-electron chi connectivity index (χ1n) is 5.19. The Bertz CT molecular complexity index is 448. The number of aliphatic hydroxyl groups is 1. The van der Waals surface area contributed by atoms with E-state index < -0.39 is 0 Å². The Morgan fingerprint density at radius 3 is 2.50 bits per heavy atom. The maximum atomic E-state index is 8.91.